The Balaban J connectivity index is 1.94. The molecular weight excluding hydrogens is 258 g/mol. The van der Waals surface area contributed by atoms with Crippen molar-refractivity contribution in [1.82, 2.24) is 14.8 Å². The minimum Gasteiger partial charge on any atom is -0.399 e. The third-order valence-electron chi connectivity index (χ3n) is 3.46. The summed E-state index contributed by atoms with van der Waals surface area (Å²) in [5.74, 6) is 1.05. The summed E-state index contributed by atoms with van der Waals surface area (Å²) in [6, 6.07) is 6.06. The quantitative estimate of drug-likeness (QED) is 0.667. The van der Waals surface area contributed by atoms with Gasteiger partial charge in [0.1, 0.15) is 16.9 Å². The fraction of sp³-hybridized carbons (Fsp3) is 0.231. The van der Waals surface area contributed by atoms with Gasteiger partial charge in [0.05, 0.1) is 5.52 Å². The van der Waals surface area contributed by atoms with Crippen molar-refractivity contribution in [2.45, 2.75) is 12.5 Å². The second kappa shape index (κ2) is 3.96. The van der Waals surface area contributed by atoms with E-state index in [1.54, 1.807) is 11.3 Å². The maximum absolute atomic E-state index is 5.87. The average Bonchev–Trinajstić information content (AvgIpc) is 3.05. The van der Waals surface area contributed by atoms with Crippen LogP contribution >= 0.6 is 11.3 Å². The molecule has 3 aromatic rings. The Kier molecular flexibility index (Phi) is 2.25. The van der Waals surface area contributed by atoms with Gasteiger partial charge in [-0.05, 0) is 24.6 Å². The maximum Gasteiger partial charge on any atom is 0.133 e. The van der Waals surface area contributed by atoms with E-state index in [1.807, 2.05) is 34.5 Å². The number of nitrogens with two attached hydrogens (primary N) is 1. The summed E-state index contributed by atoms with van der Waals surface area (Å²) < 4.78 is 2.05. The SMILES string of the molecule is Nc1ccc2nn3c(c2c1)NCCC3c1nccs1. The van der Waals surface area contributed by atoms with Crippen LogP contribution in [0.4, 0.5) is 11.5 Å². The summed E-state index contributed by atoms with van der Waals surface area (Å²) >= 11 is 1.68. The normalized spacial score (nSPS) is 18.2. The molecule has 1 unspecified atom stereocenters. The number of aromatic nitrogens is 3. The first-order valence-corrected chi connectivity index (χ1v) is 7.12. The molecule has 6 heteroatoms. The van der Waals surface area contributed by atoms with Crippen molar-refractivity contribution in [3.63, 3.8) is 0 Å². The predicted molar refractivity (Wildman–Crippen MR) is 77.5 cm³/mol. The highest BCUT2D eigenvalue weighted by atomic mass is 32.1. The molecule has 0 amide bonds. The van der Waals surface area contributed by atoms with Gasteiger partial charge < -0.3 is 11.1 Å². The van der Waals surface area contributed by atoms with E-state index in [0.717, 1.165) is 40.4 Å². The van der Waals surface area contributed by atoms with Crippen LogP contribution in [0.5, 0.6) is 0 Å². The molecule has 0 saturated heterocycles. The molecule has 96 valence electrons. The maximum atomic E-state index is 5.87. The Bertz CT molecular complexity index is 731. The number of nitrogen functional groups attached to an aromatic ring is 1. The van der Waals surface area contributed by atoms with Crippen LogP contribution in [0.3, 0.4) is 0 Å². The second-order valence-electron chi connectivity index (χ2n) is 4.67. The number of fused-ring (bicyclic) bond motifs is 3. The topological polar surface area (TPSA) is 68.8 Å². The lowest BCUT2D eigenvalue weighted by atomic mass is 10.1. The number of nitrogens with zero attached hydrogens (tertiary/aromatic N) is 3. The molecule has 0 aliphatic carbocycles. The van der Waals surface area contributed by atoms with Gasteiger partial charge in [-0.25, -0.2) is 9.67 Å². The minimum absolute atomic E-state index is 0.227. The van der Waals surface area contributed by atoms with Gasteiger partial charge in [-0.2, -0.15) is 5.10 Å². The van der Waals surface area contributed by atoms with Crippen LogP contribution in [0, 0.1) is 0 Å². The van der Waals surface area contributed by atoms with E-state index in [9.17, 15) is 0 Å². The highest BCUT2D eigenvalue weighted by Gasteiger charge is 2.26. The lowest BCUT2D eigenvalue weighted by Gasteiger charge is -2.24. The molecular formula is C13H13N5S. The molecule has 5 nitrogen and oxygen atoms in total. The van der Waals surface area contributed by atoms with Crippen molar-refractivity contribution in [3.8, 4) is 0 Å². The van der Waals surface area contributed by atoms with Crippen LogP contribution in [0.2, 0.25) is 0 Å². The van der Waals surface area contributed by atoms with Crippen LogP contribution < -0.4 is 11.1 Å². The molecule has 2 aromatic heterocycles. The molecule has 0 spiro atoms. The lowest BCUT2D eigenvalue weighted by Crippen LogP contribution is -2.24. The van der Waals surface area contributed by atoms with E-state index in [4.69, 9.17) is 10.8 Å². The summed E-state index contributed by atoms with van der Waals surface area (Å²) in [7, 11) is 0. The largest absolute Gasteiger partial charge is 0.399 e. The molecule has 4 rings (SSSR count). The highest BCUT2D eigenvalue weighted by Crippen LogP contribution is 2.35. The van der Waals surface area contributed by atoms with Crippen molar-refractivity contribution in [1.29, 1.82) is 0 Å². The first-order valence-electron chi connectivity index (χ1n) is 6.24. The van der Waals surface area contributed by atoms with Gasteiger partial charge in [-0.1, -0.05) is 0 Å². The number of hydrogen-bond donors (Lipinski definition) is 2. The van der Waals surface area contributed by atoms with Crippen LogP contribution in [-0.2, 0) is 0 Å². The Labute approximate surface area is 114 Å². The van der Waals surface area contributed by atoms with E-state index in [-0.39, 0.29) is 6.04 Å². The Morgan fingerprint density at radius 1 is 1.42 bits per heavy atom. The monoisotopic (exact) mass is 271 g/mol. The third kappa shape index (κ3) is 1.60. The Morgan fingerprint density at radius 3 is 3.21 bits per heavy atom. The molecule has 3 heterocycles. The third-order valence-corrected chi connectivity index (χ3v) is 4.34. The number of benzene rings is 1. The van der Waals surface area contributed by atoms with Crippen molar-refractivity contribution >= 4 is 33.7 Å². The van der Waals surface area contributed by atoms with Gasteiger partial charge in [-0.3, -0.25) is 0 Å². The molecule has 0 radical (unpaired) electrons. The number of anilines is 2. The molecule has 1 atom stereocenters. The Hall–Kier alpha value is -2.08. The lowest BCUT2D eigenvalue weighted by molar-refractivity contribution is 0.484. The summed E-state index contributed by atoms with van der Waals surface area (Å²) in [5, 5.41) is 12.3. The van der Waals surface area contributed by atoms with E-state index >= 15 is 0 Å². The highest BCUT2D eigenvalue weighted by molar-refractivity contribution is 7.09. The zero-order chi connectivity index (χ0) is 12.8. The number of thiazole rings is 1. The zero-order valence-corrected chi connectivity index (χ0v) is 11.0. The molecule has 0 fully saturated rings. The fourth-order valence-corrected chi connectivity index (χ4v) is 3.36. The minimum atomic E-state index is 0.227. The zero-order valence-electron chi connectivity index (χ0n) is 10.2. The van der Waals surface area contributed by atoms with Crippen LogP contribution in [-0.4, -0.2) is 21.3 Å². The molecule has 1 aromatic carbocycles. The standard InChI is InChI=1S/C13H13N5S/c14-8-1-2-10-9(7-8)12-15-4-3-11(18(12)17-10)13-16-5-6-19-13/h1-2,5-7,11,15H,3-4,14H2. The van der Waals surface area contributed by atoms with Gasteiger partial charge in [-0.15, -0.1) is 11.3 Å². The molecule has 3 N–H and O–H groups in total. The molecule has 0 bridgehead atoms. The van der Waals surface area contributed by atoms with Crippen molar-refractivity contribution in [3.05, 3.63) is 34.8 Å². The number of rotatable bonds is 1. The van der Waals surface area contributed by atoms with Gasteiger partial charge in [0, 0.05) is 29.2 Å². The van der Waals surface area contributed by atoms with E-state index in [0.29, 0.717) is 0 Å². The van der Waals surface area contributed by atoms with Crippen molar-refractivity contribution in [2.75, 3.05) is 17.6 Å². The second-order valence-corrected chi connectivity index (χ2v) is 5.60. The Morgan fingerprint density at radius 2 is 2.37 bits per heavy atom. The number of nitrogens with one attached hydrogen (secondary N) is 1. The van der Waals surface area contributed by atoms with Crippen LogP contribution in [0.25, 0.3) is 10.9 Å². The smallest absolute Gasteiger partial charge is 0.133 e. The van der Waals surface area contributed by atoms with Crippen LogP contribution in [0.1, 0.15) is 17.5 Å². The molecule has 1 aliphatic rings. The van der Waals surface area contributed by atoms with Crippen molar-refractivity contribution < 1.29 is 0 Å². The molecule has 0 saturated carbocycles. The summed E-state index contributed by atoms with van der Waals surface area (Å²) in [6.07, 6.45) is 2.85. The summed E-state index contributed by atoms with van der Waals surface area (Å²) in [6.45, 7) is 0.930. The van der Waals surface area contributed by atoms with Gasteiger partial charge >= 0.3 is 0 Å². The number of hydrogen-bond acceptors (Lipinski definition) is 5. The summed E-state index contributed by atoms with van der Waals surface area (Å²) in [5.41, 5.74) is 7.61. The summed E-state index contributed by atoms with van der Waals surface area (Å²) in [4.78, 5) is 4.43. The first-order chi connectivity index (χ1) is 9.33. The predicted octanol–water partition coefficient (Wildman–Crippen LogP) is 2.48. The van der Waals surface area contributed by atoms with E-state index < -0.39 is 0 Å². The van der Waals surface area contributed by atoms with Gasteiger partial charge in [0.2, 0.25) is 0 Å². The fourth-order valence-electron chi connectivity index (χ4n) is 2.60. The van der Waals surface area contributed by atoms with E-state index in [1.165, 1.54) is 0 Å². The molecule has 1 aliphatic heterocycles. The average molecular weight is 271 g/mol. The van der Waals surface area contributed by atoms with Crippen LogP contribution in [0.15, 0.2) is 29.8 Å². The van der Waals surface area contributed by atoms with Crippen molar-refractivity contribution in [2.24, 2.45) is 0 Å². The first kappa shape index (κ1) is 10.8. The van der Waals surface area contributed by atoms with Gasteiger partial charge in [0.15, 0.2) is 0 Å². The van der Waals surface area contributed by atoms with Gasteiger partial charge in [0.25, 0.3) is 0 Å². The van der Waals surface area contributed by atoms with E-state index in [2.05, 4.69) is 10.3 Å². The molecule has 19 heavy (non-hydrogen) atoms.